The van der Waals surface area contributed by atoms with Gasteiger partial charge in [0.05, 0.1) is 5.37 Å². The van der Waals surface area contributed by atoms with Crippen LogP contribution in [0.5, 0.6) is 0 Å². The Morgan fingerprint density at radius 2 is 2.25 bits per heavy atom. The first-order valence-corrected chi connectivity index (χ1v) is 2.97. The van der Waals surface area contributed by atoms with Crippen molar-refractivity contribution in [2.75, 3.05) is 6.54 Å². The third-order valence-electron chi connectivity index (χ3n) is 0.695. The van der Waals surface area contributed by atoms with Gasteiger partial charge in [-0.15, -0.1) is 13.2 Å². The Labute approximate surface area is 55.9 Å². The van der Waals surface area contributed by atoms with E-state index < -0.39 is 0 Å². The van der Waals surface area contributed by atoms with E-state index in [2.05, 4.69) is 31.1 Å². The van der Waals surface area contributed by atoms with Crippen LogP contribution in [0.2, 0.25) is 0 Å². The van der Waals surface area contributed by atoms with Crippen molar-refractivity contribution < 1.29 is 0 Å². The lowest BCUT2D eigenvalue weighted by molar-refractivity contribution is 0.806. The normalized spacial score (nSPS) is 12.6. The van der Waals surface area contributed by atoms with Crippen molar-refractivity contribution in [2.45, 2.75) is 5.37 Å². The third-order valence-corrected chi connectivity index (χ3v) is 1.09. The fraction of sp³-hybridized carbons (Fsp3) is 0.333. The molecule has 0 saturated heterocycles. The quantitative estimate of drug-likeness (QED) is 0.330. The van der Waals surface area contributed by atoms with Gasteiger partial charge in [-0.2, -0.15) is 12.6 Å². The van der Waals surface area contributed by atoms with Gasteiger partial charge < -0.3 is 0 Å². The van der Waals surface area contributed by atoms with Crippen molar-refractivity contribution in [3.8, 4) is 0 Å². The maximum absolute atomic E-state index is 4.09. The first kappa shape index (κ1) is 7.79. The Hall–Kier alpha value is -0.210. The van der Waals surface area contributed by atoms with Crippen LogP contribution in [0.4, 0.5) is 0 Å². The maximum atomic E-state index is 4.09. The van der Waals surface area contributed by atoms with Crippen LogP contribution >= 0.6 is 12.6 Å². The van der Waals surface area contributed by atoms with Crippen LogP contribution in [0.25, 0.3) is 0 Å². The molecule has 2 heteroatoms. The van der Waals surface area contributed by atoms with E-state index in [9.17, 15) is 0 Å². The van der Waals surface area contributed by atoms with E-state index >= 15 is 0 Å². The van der Waals surface area contributed by atoms with Crippen molar-refractivity contribution in [1.82, 2.24) is 5.32 Å². The summed E-state index contributed by atoms with van der Waals surface area (Å²) in [6.07, 6.45) is 3.51. The molecule has 0 radical (unpaired) electrons. The number of rotatable bonds is 4. The summed E-state index contributed by atoms with van der Waals surface area (Å²) < 4.78 is 0. The van der Waals surface area contributed by atoms with Gasteiger partial charge in [0, 0.05) is 6.54 Å². The van der Waals surface area contributed by atoms with Crippen LogP contribution in [-0.2, 0) is 0 Å². The van der Waals surface area contributed by atoms with Crippen molar-refractivity contribution in [3.05, 3.63) is 25.3 Å². The monoisotopic (exact) mass is 129 g/mol. The molecule has 0 saturated carbocycles. The Morgan fingerprint density at radius 1 is 1.62 bits per heavy atom. The van der Waals surface area contributed by atoms with Gasteiger partial charge in [-0.25, -0.2) is 0 Å². The second-order valence-corrected chi connectivity index (χ2v) is 1.93. The first-order valence-electron chi connectivity index (χ1n) is 2.46. The second-order valence-electron chi connectivity index (χ2n) is 1.38. The molecule has 0 bridgehead atoms. The minimum absolute atomic E-state index is 0.0907. The molecule has 0 aliphatic heterocycles. The summed E-state index contributed by atoms with van der Waals surface area (Å²) in [6, 6.07) is 0. The average Bonchev–Trinajstić information content (AvgIpc) is 1.83. The summed E-state index contributed by atoms with van der Waals surface area (Å²) >= 11 is 4.09. The first-order chi connectivity index (χ1) is 3.81. The smallest absolute Gasteiger partial charge is 0.0689 e. The van der Waals surface area contributed by atoms with Crippen LogP contribution < -0.4 is 5.32 Å². The molecule has 0 aliphatic carbocycles. The van der Waals surface area contributed by atoms with Gasteiger partial charge in [-0.1, -0.05) is 12.2 Å². The van der Waals surface area contributed by atoms with Crippen LogP contribution in [0.3, 0.4) is 0 Å². The van der Waals surface area contributed by atoms with Crippen molar-refractivity contribution in [1.29, 1.82) is 0 Å². The standard InChI is InChI=1S/C6H11NS/c1-3-5-7-6(8)4-2/h3-4,6-8H,1-2,5H2. The molecule has 0 aromatic rings. The Kier molecular flexibility index (Phi) is 4.81. The minimum Gasteiger partial charge on any atom is -0.299 e. The molecule has 8 heavy (non-hydrogen) atoms. The van der Waals surface area contributed by atoms with Gasteiger partial charge >= 0.3 is 0 Å². The summed E-state index contributed by atoms with van der Waals surface area (Å²) in [6.45, 7) is 7.85. The van der Waals surface area contributed by atoms with E-state index in [1.807, 2.05) is 0 Å². The molecule has 0 rings (SSSR count). The highest BCUT2D eigenvalue weighted by molar-refractivity contribution is 7.81. The Bertz CT molecular complexity index is 80.6. The SMILES string of the molecule is C=CCNC(S)C=C. The summed E-state index contributed by atoms with van der Waals surface area (Å²) in [4.78, 5) is 0. The Balaban J connectivity index is 3.09. The molecule has 0 heterocycles. The van der Waals surface area contributed by atoms with Crippen LogP contribution in [0.15, 0.2) is 25.3 Å². The molecule has 1 atom stereocenters. The van der Waals surface area contributed by atoms with Crippen molar-refractivity contribution in [2.24, 2.45) is 0 Å². The average molecular weight is 129 g/mol. The van der Waals surface area contributed by atoms with Gasteiger partial charge in [0.1, 0.15) is 0 Å². The Morgan fingerprint density at radius 3 is 2.62 bits per heavy atom. The van der Waals surface area contributed by atoms with E-state index in [1.165, 1.54) is 0 Å². The molecule has 0 aromatic carbocycles. The second kappa shape index (κ2) is 4.94. The van der Waals surface area contributed by atoms with Gasteiger partial charge in [0.25, 0.3) is 0 Å². The lowest BCUT2D eigenvalue weighted by atomic mass is 10.5. The number of hydrogen-bond acceptors (Lipinski definition) is 2. The fourth-order valence-corrected chi connectivity index (χ4v) is 0.393. The zero-order valence-corrected chi connectivity index (χ0v) is 5.70. The predicted octanol–water partition coefficient (Wildman–Crippen LogP) is 1.20. The molecule has 0 aliphatic rings. The van der Waals surface area contributed by atoms with Gasteiger partial charge in [-0.3, -0.25) is 5.32 Å². The number of nitrogens with one attached hydrogen (secondary N) is 1. The molecule has 0 spiro atoms. The molecular weight excluding hydrogens is 118 g/mol. The number of thiol groups is 1. The molecule has 1 nitrogen and oxygen atoms in total. The summed E-state index contributed by atoms with van der Waals surface area (Å²) in [5.41, 5.74) is 0. The van der Waals surface area contributed by atoms with Crippen LogP contribution in [0, 0.1) is 0 Å². The molecule has 46 valence electrons. The van der Waals surface area contributed by atoms with Gasteiger partial charge in [0.2, 0.25) is 0 Å². The van der Waals surface area contributed by atoms with E-state index in [1.54, 1.807) is 12.2 Å². The van der Waals surface area contributed by atoms with Gasteiger partial charge in [-0.05, 0) is 0 Å². The van der Waals surface area contributed by atoms with E-state index in [-0.39, 0.29) is 5.37 Å². The molecule has 1 N–H and O–H groups in total. The lowest BCUT2D eigenvalue weighted by Gasteiger charge is -2.02. The lowest BCUT2D eigenvalue weighted by Crippen LogP contribution is -2.20. The van der Waals surface area contributed by atoms with Crippen LogP contribution in [0.1, 0.15) is 0 Å². The fourth-order valence-electron chi connectivity index (χ4n) is 0.287. The largest absolute Gasteiger partial charge is 0.299 e. The maximum Gasteiger partial charge on any atom is 0.0689 e. The van der Waals surface area contributed by atoms with Gasteiger partial charge in [0.15, 0.2) is 0 Å². The topological polar surface area (TPSA) is 12.0 Å². The van der Waals surface area contributed by atoms with E-state index in [0.29, 0.717) is 0 Å². The van der Waals surface area contributed by atoms with E-state index in [0.717, 1.165) is 6.54 Å². The summed E-state index contributed by atoms with van der Waals surface area (Å²) in [5, 5.41) is 3.10. The highest BCUT2D eigenvalue weighted by Gasteiger charge is 1.88. The molecule has 1 unspecified atom stereocenters. The highest BCUT2D eigenvalue weighted by atomic mass is 32.1. The van der Waals surface area contributed by atoms with Crippen molar-refractivity contribution >= 4 is 12.6 Å². The summed E-state index contributed by atoms with van der Waals surface area (Å²) in [7, 11) is 0. The molecule has 0 aromatic heterocycles. The number of hydrogen-bond donors (Lipinski definition) is 2. The third kappa shape index (κ3) is 3.96. The van der Waals surface area contributed by atoms with Crippen molar-refractivity contribution in [3.63, 3.8) is 0 Å². The zero-order chi connectivity index (χ0) is 6.41. The molecule has 0 fully saturated rings. The minimum atomic E-state index is 0.0907. The van der Waals surface area contributed by atoms with Crippen LogP contribution in [-0.4, -0.2) is 11.9 Å². The zero-order valence-electron chi connectivity index (χ0n) is 4.80. The highest BCUT2D eigenvalue weighted by Crippen LogP contribution is 1.87. The molecular formula is C6H11NS. The summed E-state index contributed by atoms with van der Waals surface area (Å²) in [5.74, 6) is 0. The van der Waals surface area contributed by atoms with E-state index in [4.69, 9.17) is 0 Å². The predicted molar refractivity (Wildman–Crippen MR) is 41.2 cm³/mol. The molecule has 0 amide bonds.